The molecule has 2 heterocycles. The molecule has 0 saturated heterocycles. The number of hydrogen-bond acceptors (Lipinski definition) is 4. The first-order chi connectivity index (χ1) is 17.5. The molecule has 2 amide bonds. The minimum Gasteiger partial charge on any atom is -0.441 e. The minimum absolute atomic E-state index is 0.0939. The van der Waals surface area contributed by atoms with Crippen molar-refractivity contribution in [3.63, 3.8) is 0 Å². The quantitative estimate of drug-likeness (QED) is 0.374. The van der Waals surface area contributed by atoms with Crippen molar-refractivity contribution in [1.82, 2.24) is 4.98 Å². The van der Waals surface area contributed by atoms with E-state index >= 15 is 0 Å². The number of nitrogens with one attached hydrogen (secondary N) is 1. The second-order valence-corrected chi connectivity index (χ2v) is 8.51. The van der Waals surface area contributed by atoms with Crippen molar-refractivity contribution >= 4 is 23.2 Å². The third kappa shape index (κ3) is 4.88. The Morgan fingerprint density at radius 2 is 1.81 bits per heavy atom. The number of aromatic nitrogens is 1. The highest BCUT2D eigenvalue weighted by molar-refractivity contribution is 6.05. The Hall–Kier alpha value is -4.33. The van der Waals surface area contributed by atoms with Crippen molar-refractivity contribution in [3.8, 4) is 11.3 Å². The topological polar surface area (TPSA) is 75.4 Å². The van der Waals surface area contributed by atoms with Crippen LogP contribution in [0.5, 0.6) is 0 Å². The Bertz CT molecular complexity index is 1420. The summed E-state index contributed by atoms with van der Waals surface area (Å²) in [5.74, 6) is -0.570. The molecule has 0 spiro atoms. The van der Waals surface area contributed by atoms with Crippen molar-refractivity contribution in [2.45, 2.75) is 25.7 Å². The first-order valence-corrected chi connectivity index (χ1v) is 11.7. The predicted molar refractivity (Wildman–Crippen MR) is 132 cm³/mol. The highest BCUT2D eigenvalue weighted by atomic mass is 19.1. The number of amides is 2. The number of fused-ring (bicyclic) bond motifs is 1. The van der Waals surface area contributed by atoms with Gasteiger partial charge in [-0.3, -0.25) is 9.59 Å². The molecule has 1 aliphatic heterocycles. The number of halogens is 2. The zero-order chi connectivity index (χ0) is 25.1. The molecule has 0 unspecified atom stereocenters. The van der Waals surface area contributed by atoms with Crippen LogP contribution >= 0.6 is 0 Å². The normalized spacial score (nSPS) is 12.8. The molecule has 8 heteroatoms. The SMILES string of the molecule is O=C(Nc1cccc2c1CCCN2C(=O)CCc1ncc(-c2ccccc2F)o1)c1ccc(F)cc1. The summed E-state index contributed by atoms with van der Waals surface area (Å²) < 4.78 is 32.9. The van der Waals surface area contributed by atoms with Gasteiger partial charge < -0.3 is 14.6 Å². The molecule has 4 aromatic rings. The Kier molecular flexibility index (Phi) is 6.58. The van der Waals surface area contributed by atoms with Crippen molar-refractivity contribution in [2.75, 3.05) is 16.8 Å². The second kappa shape index (κ2) is 10.1. The molecule has 1 N–H and O–H groups in total. The maximum atomic E-state index is 14.0. The number of nitrogens with zero attached hydrogens (tertiary/aromatic N) is 2. The lowest BCUT2D eigenvalue weighted by atomic mass is 9.98. The van der Waals surface area contributed by atoms with Gasteiger partial charge >= 0.3 is 0 Å². The van der Waals surface area contributed by atoms with E-state index in [0.717, 1.165) is 17.7 Å². The molecule has 0 atom stereocenters. The summed E-state index contributed by atoms with van der Waals surface area (Å²) in [7, 11) is 0. The lowest BCUT2D eigenvalue weighted by Gasteiger charge is -2.31. The molecule has 1 aromatic heterocycles. The van der Waals surface area contributed by atoms with Crippen LogP contribution in [0.15, 0.2) is 77.3 Å². The van der Waals surface area contributed by atoms with Gasteiger partial charge in [-0.1, -0.05) is 18.2 Å². The number of hydrogen-bond donors (Lipinski definition) is 1. The summed E-state index contributed by atoms with van der Waals surface area (Å²) in [5.41, 5.74) is 2.93. The smallest absolute Gasteiger partial charge is 0.255 e. The highest BCUT2D eigenvalue weighted by Gasteiger charge is 2.25. The molecule has 182 valence electrons. The largest absolute Gasteiger partial charge is 0.441 e. The molecule has 5 rings (SSSR count). The van der Waals surface area contributed by atoms with Gasteiger partial charge in [0.2, 0.25) is 5.91 Å². The third-order valence-electron chi connectivity index (χ3n) is 6.15. The molecule has 6 nitrogen and oxygen atoms in total. The minimum atomic E-state index is -0.411. The van der Waals surface area contributed by atoms with Crippen LogP contribution in [0.4, 0.5) is 20.2 Å². The van der Waals surface area contributed by atoms with Crippen LogP contribution in [0.3, 0.4) is 0 Å². The number of benzene rings is 3. The molecule has 36 heavy (non-hydrogen) atoms. The van der Waals surface area contributed by atoms with E-state index in [2.05, 4.69) is 10.3 Å². The fraction of sp³-hybridized carbons (Fsp3) is 0.179. The van der Waals surface area contributed by atoms with Gasteiger partial charge in [-0.05, 0) is 66.9 Å². The van der Waals surface area contributed by atoms with E-state index in [9.17, 15) is 18.4 Å². The number of aryl methyl sites for hydroxylation is 1. The van der Waals surface area contributed by atoms with Crippen molar-refractivity contribution in [1.29, 1.82) is 0 Å². The summed E-state index contributed by atoms with van der Waals surface area (Å²) in [6, 6.07) is 17.1. The monoisotopic (exact) mass is 487 g/mol. The fourth-order valence-electron chi connectivity index (χ4n) is 4.36. The Morgan fingerprint density at radius 3 is 2.61 bits per heavy atom. The average Bonchev–Trinajstić information content (AvgIpc) is 3.36. The van der Waals surface area contributed by atoms with Crippen LogP contribution in [0.1, 0.15) is 34.7 Å². The van der Waals surface area contributed by atoms with E-state index in [1.165, 1.54) is 36.5 Å². The summed E-state index contributed by atoms with van der Waals surface area (Å²) in [4.78, 5) is 31.7. The number of rotatable bonds is 6. The lowest BCUT2D eigenvalue weighted by Crippen LogP contribution is -2.36. The predicted octanol–water partition coefficient (Wildman–Crippen LogP) is 5.78. The molecule has 0 bridgehead atoms. The summed E-state index contributed by atoms with van der Waals surface area (Å²) in [5, 5.41) is 2.89. The van der Waals surface area contributed by atoms with E-state index in [-0.39, 0.29) is 24.7 Å². The standard InChI is InChI=1S/C28H23F2N3O3/c29-19-12-10-18(11-13-19)28(35)32-23-8-3-9-24-21(23)6-4-16-33(24)27(34)15-14-26-31-17-25(36-26)20-5-1-2-7-22(20)30/h1-3,5,7-13,17H,4,6,14-16H2,(H,32,35). The Morgan fingerprint density at radius 1 is 1.00 bits per heavy atom. The van der Waals surface area contributed by atoms with Crippen molar-refractivity contribution < 1.29 is 22.8 Å². The second-order valence-electron chi connectivity index (χ2n) is 8.51. The molecule has 0 saturated carbocycles. The number of anilines is 2. The van der Waals surface area contributed by atoms with Gasteiger partial charge in [0.25, 0.3) is 5.91 Å². The lowest BCUT2D eigenvalue weighted by molar-refractivity contribution is -0.118. The number of carbonyl (C=O) groups is 2. The van der Waals surface area contributed by atoms with E-state index in [1.807, 2.05) is 6.07 Å². The molecule has 1 aliphatic rings. The molecular weight excluding hydrogens is 464 g/mol. The summed E-state index contributed by atoms with van der Waals surface area (Å²) >= 11 is 0. The zero-order valence-electron chi connectivity index (χ0n) is 19.3. The van der Waals surface area contributed by atoms with Crippen LogP contribution in [0.25, 0.3) is 11.3 Å². The molecule has 3 aromatic carbocycles. The van der Waals surface area contributed by atoms with Crippen LogP contribution in [0.2, 0.25) is 0 Å². The van der Waals surface area contributed by atoms with E-state index in [1.54, 1.807) is 35.2 Å². The van der Waals surface area contributed by atoms with Gasteiger partial charge in [-0.25, -0.2) is 13.8 Å². The first kappa shape index (κ1) is 23.4. The van der Waals surface area contributed by atoms with Gasteiger partial charge in [-0.15, -0.1) is 0 Å². The van der Waals surface area contributed by atoms with E-state index < -0.39 is 11.6 Å². The molecular formula is C28H23F2N3O3. The van der Waals surface area contributed by atoms with Crippen molar-refractivity contribution in [3.05, 3.63) is 102 Å². The third-order valence-corrected chi connectivity index (χ3v) is 6.15. The number of oxazole rings is 1. The van der Waals surface area contributed by atoms with Crippen LogP contribution in [0, 0.1) is 11.6 Å². The molecule has 0 radical (unpaired) electrons. The fourth-order valence-corrected chi connectivity index (χ4v) is 4.36. The van der Waals surface area contributed by atoms with Crippen LogP contribution < -0.4 is 10.2 Å². The summed E-state index contributed by atoms with van der Waals surface area (Å²) in [6.45, 7) is 0.563. The Balaban J connectivity index is 1.28. The number of carbonyl (C=O) groups excluding carboxylic acids is 2. The van der Waals surface area contributed by atoms with Gasteiger partial charge in [0, 0.05) is 36.3 Å². The van der Waals surface area contributed by atoms with Gasteiger partial charge in [0.15, 0.2) is 11.7 Å². The molecule has 0 fully saturated rings. The highest BCUT2D eigenvalue weighted by Crippen LogP contribution is 2.34. The van der Waals surface area contributed by atoms with Gasteiger partial charge in [-0.2, -0.15) is 0 Å². The molecule has 0 aliphatic carbocycles. The maximum absolute atomic E-state index is 14.0. The van der Waals surface area contributed by atoms with Crippen LogP contribution in [-0.4, -0.2) is 23.3 Å². The van der Waals surface area contributed by atoms with Crippen molar-refractivity contribution in [2.24, 2.45) is 0 Å². The summed E-state index contributed by atoms with van der Waals surface area (Å²) in [6.07, 6.45) is 3.37. The van der Waals surface area contributed by atoms with Gasteiger partial charge in [0.1, 0.15) is 11.6 Å². The maximum Gasteiger partial charge on any atom is 0.255 e. The Labute approximate surface area is 206 Å². The zero-order valence-corrected chi connectivity index (χ0v) is 19.3. The van der Waals surface area contributed by atoms with E-state index in [0.29, 0.717) is 41.4 Å². The first-order valence-electron chi connectivity index (χ1n) is 11.7. The van der Waals surface area contributed by atoms with E-state index in [4.69, 9.17) is 4.42 Å². The average molecular weight is 488 g/mol. The van der Waals surface area contributed by atoms with Gasteiger partial charge in [0.05, 0.1) is 11.8 Å². The van der Waals surface area contributed by atoms with Crippen LogP contribution in [-0.2, 0) is 17.6 Å².